The molecule has 1 atom stereocenters. The first-order valence-corrected chi connectivity index (χ1v) is 12.2. The van der Waals surface area contributed by atoms with E-state index in [-0.39, 0.29) is 7.92 Å². The molecule has 4 aromatic rings. The van der Waals surface area contributed by atoms with Crippen LogP contribution in [-0.4, -0.2) is 11.1 Å². The lowest BCUT2D eigenvalue weighted by Gasteiger charge is -2.22. The summed E-state index contributed by atoms with van der Waals surface area (Å²) in [5.41, 5.74) is 2.61. The number of rotatable bonds is 5. The van der Waals surface area contributed by atoms with Crippen molar-refractivity contribution in [2.24, 2.45) is 0 Å². The summed E-state index contributed by atoms with van der Waals surface area (Å²) in [6, 6.07) is 32.7. The minimum atomic E-state index is -0.367. The Balaban J connectivity index is 1.46. The van der Waals surface area contributed by atoms with Crippen molar-refractivity contribution in [1.29, 1.82) is 0 Å². The molecule has 1 aliphatic carbocycles. The van der Waals surface area contributed by atoms with Crippen LogP contribution in [0.1, 0.15) is 22.9 Å². The minimum Gasteiger partial charge on any atom is -0.241 e. The second-order valence-corrected chi connectivity index (χ2v) is 10.5. The summed E-state index contributed by atoms with van der Waals surface area (Å²) in [5, 5.41) is 4.12. The first kappa shape index (κ1) is 17.8. The van der Waals surface area contributed by atoms with Gasteiger partial charge in [-0.2, -0.15) is 0 Å². The van der Waals surface area contributed by atoms with Crippen LogP contribution in [0.25, 0.3) is 10.6 Å². The Bertz CT molecular complexity index is 1000. The van der Waals surface area contributed by atoms with Gasteiger partial charge in [0.2, 0.25) is 0 Å². The van der Waals surface area contributed by atoms with Crippen molar-refractivity contribution in [2.45, 2.75) is 18.8 Å². The number of aryl methyl sites for hydroxylation is 1. The van der Waals surface area contributed by atoms with E-state index in [1.54, 1.807) is 0 Å². The molecule has 0 N–H and O–H groups in total. The number of benzene rings is 3. The van der Waals surface area contributed by atoms with Gasteiger partial charge in [0.05, 0.1) is 5.69 Å². The Morgan fingerprint density at radius 3 is 1.96 bits per heavy atom. The zero-order chi connectivity index (χ0) is 18.8. The SMILES string of the molecule is c1ccc(-c2nc3c(s2)CC[C@@H]3CP(c2ccccc2)c2ccccc2)cc1. The van der Waals surface area contributed by atoms with E-state index >= 15 is 0 Å². The highest BCUT2D eigenvalue weighted by Gasteiger charge is 2.30. The van der Waals surface area contributed by atoms with Gasteiger partial charge >= 0.3 is 0 Å². The number of aromatic nitrogens is 1. The van der Waals surface area contributed by atoms with Crippen molar-refractivity contribution >= 4 is 29.9 Å². The fraction of sp³-hybridized carbons (Fsp3) is 0.160. The Kier molecular flexibility index (Phi) is 5.08. The van der Waals surface area contributed by atoms with Crippen LogP contribution in [0.4, 0.5) is 0 Å². The quantitative estimate of drug-likeness (QED) is 0.377. The van der Waals surface area contributed by atoms with Gasteiger partial charge in [0, 0.05) is 16.4 Å². The van der Waals surface area contributed by atoms with Crippen molar-refractivity contribution in [3.63, 3.8) is 0 Å². The van der Waals surface area contributed by atoms with Crippen LogP contribution >= 0.6 is 19.3 Å². The van der Waals surface area contributed by atoms with Gasteiger partial charge in [-0.25, -0.2) is 4.98 Å². The van der Waals surface area contributed by atoms with E-state index < -0.39 is 0 Å². The van der Waals surface area contributed by atoms with Crippen LogP contribution in [0, 0.1) is 0 Å². The molecule has 1 heterocycles. The Labute approximate surface area is 171 Å². The lowest BCUT2D eigenvalue weighted by atomic mass is 10.1. The molecule has 0 radical (unpaired) electrons. The summed E-state index contributed by atoms with van der Waals surface area (Å²) in [4.78, 5) is 6.61. The molecule has 0 saturated carbocycles. The van der Waals surface area contributed by atoms with E-state index in [0.29, 0.717) is 5.92 Å². The van der Waals surface area contributed by atoms with Gasteiger partial charge in [-0.3, -0.25) is 0 Å². The van der Waals surface area contributed by atoms with Crippen molar-refractivity contribution in [3.8, 4) is 10.6 Å². The van der Waals surface area contributed by atoms with Gasteiger partial charge in [0.15, 0.2) is 0 Å². The first-order valence-electron chi connectivity index (χ1n) is 9.81. The third-order valence-corrected chi connectivity index (χ3v) is 9.22. The molecule has 0 saturated heterocycles. The zero-order valence-electron chi connectivity index (χ0n) is 15.7. The molecule has 0 aliphatic heterocycles. The van der Waals surface area contributed by atoms with E-state index in [1.165, 1.54) is 50.8 Å². The van der Waals surface area contributed by atoms with Crippen LogP contribution in [0.2, 0.25) is 0 Å². The molecule has 1 nitrogen and oxygen atoms in total. The van der Waals surface area contributed by atoms with Crippen molar-refractivity contribution in [2.75, 3.05) is 6.16 Å². The molecule has 28 heavy (non-hydrogen) atoms. The number of nitrogens with zero attached hydrogens (tertiary/aromatic N) is 1. The lowest BCUT2D eigenvalue weighted by Crippen LogP contribution is -2.17. The third-order valence-electron chi connectivity index (χ3n) is 5.39. The molecule has 0 spiro atoms. The summed E-state index contributed by atoms with van der Waals surface area (Å²) in [6.07, 6.45) is 3.60. The molecule has 1 aliphatic rings. The monoisotopic (exact) mass is 399 g/mol. The van der Waals surface area contributed by atoms with Crippen LogP contribution in [0.3, 0.4) is 0 Å². The minimum absolute atomic E-state index is 0.367. The number of fused-ring (bicyclic) bond motifs is 1. The van der Waals surface area contributed by atoms with Crippen LogP contribution in [0.15, 0.2) is 91.0 Å². The third kappa shape index (κ3) is 3.55. The van der Waals surface area contributed by atoms with Crippen LogP contribution in [0.5, 0.6) is 0 Å². The molecular formula is C25H22NPS. The van der Waals surface area contributed by atoms with Gasteiger partial charge in [0.1, 0.15) is 5.01 Å². The highest BCUT2D eigenvalue weighted by Crippen LogP contribution is 2.46. The maximum atomic E-state index is 5.11. The Morgan fingerprint density at radius 2 is 1.36 bits per heavy atom. The molecular weight excluding hydrogens is 377 g/mol. The van der Waals surface area contributed by atoms with E-state index in [0.717, 1.165) is 0 Å². The maximum Gasteiger partial charge on any atom is 0.123 e. The average molecular weight is 399 g/mol. The second-order valence-electron chi connectivity index (χ2n) is 7.21. The van der Waals surface area contributed by atoms with E-state index in [1.807, 2.05) is 11.3 Å². The van der Waals surface area contributed by atoms with Gasteiger partial charge in [-0.05, 0) is 37.5 Å². The molecule has 3 aromatic carbocycles. The molecule has 0 amide bonds. The van der Waals surface area contributed by atoms with Gasteiger partial charge in [0.25, 0.3) is 0 Å². The molecule has 5 rings (SSSR count). The largest absolute Gasteiger partial charge is 0.241 e. The molecule has 0 fully saturated rings. The predicted molar refractivity (Wildman–Crippen MR) is 123 cm³/mol. The summed E-state index contributed by atoms with van der Waals surface area (Å²) < 4.78 is 0. The summed E-state index contributed by atoms with van der Waals surface area (Å²) in [7, 11) is -0.367. The van der Waals surface area contributed by atoms with Crippen LogP contribution in [-0.2, 0) is 6.42 Å². The number of thiazole rings is 1. The predicted octanol–water partition coefficient (Wildman–Crippen LogP) is 5.97. The van der Waals surface area contributed by atoms with Crippen molar-refractivity contribution < 1.29 is 0 Å². The van der Waals surface area contributed by atoms with E-state index in [2.05, 4.69) is 91.0 Å². The highest BCUT2D eigenvalue weighted by molar-refractivity contribution is 7.73. The highest BCUT2D eigenvalue weighted by atomic mass is 32.1. The average Bonchev–Trinajstić information content (AvgIpc) is 3.35. The molecule has 138 valence electrons. The first-order chi connectivity index (χ1) is 13.9. The molecule has 0 unspecified atom stereocenters. The zero-order valence-corrected chi connectivity index (χ0v) is 17.4. The van der Waals surface area contributed by atoms with Gasteiger partial charge < -0.3 is 0 Å². The van der Waals surface area contributed by atoms with E-state index in [9.17, 15) is 0 Å². The topological polar surface area (TPSA) is 12.9 Å². The summed E-state index contributed by atoms with van der Waals surface area (Å²) >= 11 is 1.89. The summed E-state index contributed by atoms with van der Waals surface area (Å²) in [5.74, 6) is 0.565. The van der Waals surface area contributed by atoms with Crippen molar-refractivity contribution in [3.05, 3.63) is 102 Å². The standard InChI is InChI=1S/C25H22NPS/c1-4-10-19(11-5-1)25-26-24-20(16-17-23(24)28-25)18-27(21-12-6-2-7-13-21)22-14-8-3-9-15-22/h1-15,20H,16-18H2/t20-/m1/s1. The van der Waals surface area contributed by atoms with Crippen molar-refractivity contribution in [1.82, 2.24) is 4.98 Å². The second kappa shape index (κ2) is 7.99. The fourth-order valence-electron chi connectivity index (χ4n) is 3.98. The maximum absolute atomic E-state index is 5.11. The molecule has 0 bridgehead atoms. The fourth-order valence-corrected chi connectivity index (χ4v) is 7.73. The Morgan fingerprint density at radius 1 is 0.786 bits per heavy atom. The van der Waals surface area contributed by atoms with Gasteiger partial charge in [-0.15, -0.1) is 11.3 Å². The Hall–Kier alpha value is -2.28. The summed E-state index contributed by atoms with van der Waals surface area (Å²) in [6.45, 7) is 0. The molecule has 1 aromatic heterocycles. The molecule has 3 heteroatoms. The smallest absolute Gasteiger partial charge is 0.123 e. The normalized spacial score (nSPS) is 15.7. The number of hydrogen-bond acceptors (Lipinski definition) is 2. The van der Waals surface area contributed by atoms with Crippen LogP contribution < -0.4 is 10.6 Å². The van der Waals surface area contributed by atoms with E-state index in [4.69, 9.17) is 4.98 Å². The number of hydrogen-bond donors (Lipinski definition) is 0. The van der Waals surface area contributed by atoms with Gasteiger partial charge in [-0.1, -0.05) is 91.0 Å². The lowest BCUT2D eigenvalue weighted by molar-refractivity contribution is 0.739.